The summed E-state index contributed by atoms with van der Waals surface area (Å²) in [5.74, 6) is 1.06. The van der Waals surface area contributed by atoms with Crippen LogP contribution in [0.5, 0.6) is 5.75 Å². The zero-order chi connectivity index (χ0) is 17.0. The van der Waals surface area contributed by atoms with Gasteiger partial charge in [-0.25, -0.2) is 4.98 Å². The Morgan fingerprint density at radius 3 is 2.61 bits per heavy atom. The Morgan fingerprint density at radius 2 is 2.04 bits per heavy atom. The number of hydrogen-bond acceptors (Lipinski definition) is 4. The summed E-state index contributed by atoms with van der Waals surface area (Å²) in [6, 6.07) is 5.98. The van der Waals surface area contributed by atoms with E-state index in [1.54, 1.807) is 18.3 Å². The van der Waals surface area contributed by atoms with Crippen LogP contribution in [-0.4, -0.2) is 17.0 Å². The van der Waals surface area contributed by atoms with E-state index in [1.165, 1.54) is 11.1 Å². The second-order valence-corrected chi connectivity index (χ2v) is 6.98. The van der Waals surface area contributed by atoms with Gasteiger partial charge in [-0.1, -0.05) is 19.9 Å². The summed E-state index contributed by atoms with van der Waals surface area (Å²) in [4.78, 5) is 16.5. The molecule has 1 heterocycles. The highest BCUT2D eigenvalue weighted by Crippen LogP contribution is 2.24. The molecule has 1 aromatic heterocycles. The molecule has 0 aliphatic carbocycles. The molecule has 2 aromatic rings. The standard InChI is InChI=1S/C18H24N2O2S/c1-11(2)16-7-6-15(8-12(16)3)22-14(5)18(21)19-9-17-20-13(4)10-23-17/h6-8,10-11,14H,9H2,1-5H3,(H,19,21). The van der Waals surface area contributed by atoms with E-state index < -0.39 is 6.10 Å². The van der Waals surface area contributed by atoms with Crippen molar-refractivity contribution < 1.29 is 9.53 Å². The van der Waals surface area contributed by atoms with Crippen LogP contribution in [0.2, 0.25) is 0 Å². The van der Waals surface area contributed by atoms with Gasteiger partial charge in [-0.15, -0.1) is 11.3 Å². The monoisotopic (exact) mass is 332 g/mol. The summed E-state index contributed by atoms with van der Waals surface area (Å²) in [6.45, 7) is 10.5. The minimum absolute atomic E-state index is 0.136. The van der Waals surface area contributed by atoms with Gasteiger partial charge in [-0.2, -0.15) is 0 Å². The smallest absolute Gasteiger partial charge is 0.261 e. The summed E-state index contributed by atoms with van der Waals surface area (Å²) in [5, 5.41) is 5.74. The average molecular weight is 332 g/mol. The number of carbonyl (C=O) groups is 1. The topological polar surface area (TPSA) is 51.2 Å². The van der Waals surface area contributed by atoms with E-state index >= 15 is 0 Å². The molecule has 0 aliphatic rings. The molecule has 1 unspecified atom stereocenters. The zero-order valence-electron chi connectivity index (χ0n) is 14.3. The molecule has 0 saturated heterocycles. The number of nitrogens with one attached hydrogen (secondary N) is 1. The van der Waals surface area contributed by atoms with Gasteiger partial charge in [0.05, 0.1) is 6.54 Å². The number of carbonyl (C=O) groups excluding carboxylic acids is 1. The highest BCUT2D eigenvalue weighted by atomic mass is 32.1. The van der Waals surface area contributed by atoms with Gasteiger partial charge < -0.3 is 10.1 Å². The van der Waals surface area contributed by atoms with Crippen LogP contribution in [-0.2, 0) is 11.3 Å². The molecule has 0 fully saturated rings. The van der Waals surface area contributed by atoms with Gasteiger partial charge in [0.1, 0.15) is 10.8 Å². The third-order valence-electron chi connectivity index (χ3n) is 3.63. The Morgan fingerprint density at radius 1 is 1.30 bits per heavy atom. The van der Waals surface area contributed by atoms with E-state index in [0.29, 0.717) is 12.5 Å². The molecule has 4 nitrogen and oxygen atoms in total. The molecule has 23 heavy (non-hydrogen) atoms. The van der Waals surface area contributed by atoms with Gasteiger partial charge >= 0.3 is 0 Å². The predicted molar refractivity (Wildman–Crippen MR) is 94.1 cm³/mol. The lowest BCUT2D eigenvalue weighted by molar-refractivity contribution is -0.127. The van der Waals surface area contributed by atoms with Gasteiger partial charge in [0.15, 0.2) is 6.10 Å². The lowest BCUT2D eigenvalue weighted by atomic mass is 9.98. The zero-order valence-corrected chi connectivity index (χ0v) is 15.2. The number of thiazole rings is 1. The highest BCUT2D eigenvalue weighted by Gasteiger charge is 2.15. The summed E-state index contributed by atoms with van der Waals surface area (Å²) >= 11 is 1.55. The van der Waals surface area contributed by atoms with Crippen LogP contribution in [0.1, 0.15) is 48.5 Å². The molecule has 0 spiro atoms. The van der Waals surface area contributed by atoms with E-state index in [2.05, 4.69) is 37.1 Å². The third-order valence-corrected chi connectivity index (χ3v) is 4.59. The lowest BCUT2D eigenvalue weighted by Gasteiger charge is -2.16. The largest absolute Gasteiger partial charge is 0.481 e. The van der Waals surface area contributed by atoms with Gasteiger partial charge in [0.25, 0.3) is 5.91 Å². The SMILES string of the molecule is Cc1csc(CNC(=O)C(C)Oc2ccc(C(C)C)c(C)c2)n1. The number of hydrogen-bond donors (Lipinski definition) is 1. The van der Waals surface area contributed by atoms with Crippen LogP contribution in [0, 0.1) is 13.8 Å². The summed E-state index contributed by atoms with van der Waals surface area (Å²) in [7, 11) is 0. The number of nitrogens with zero attached hydrogens (tertiary/aromatic N) is 1. The van der Waals surface area contributed by atoms with Crippen molar-refractivity contribution in [2.45, 2.75) is 53.2 Å². The Hall–Kier alpha value is -1.88. The first-order valence-corrected chi connectivity index (χ1v) is 8.70. The number of aryl methyl sites for hydroxylation is 2. The average Bonchev–Trinajstić information content (AvgIpc) is 2.90. The van der Waals surface area contributed by atoms with Crippen LogP contribution >= 0.6 is 11.3 Å². The maximum Gasteiger partial charge on any atom is 0.261 e. The number of aromatic nitrogens is 1. The number of ether oxygens (including phenoxy) is 1. The van der Waals surface area contributed by atoms with Crippen LogP contribution in [0.25, 0.3) is 0 Å². The van der Waals surface area contributed by atoms with Gasteiger partial charge in [-0.05, 0) is 49.9 Å². The molecule has 1 amide bonds. The number of benzene rings is 1. The molecular formula is C18H24N2O2S. The van der Waals surface area contributed by atoms with Gasteiger partial charge in [0.2, 0.25) is 0 Å². The molecule has 0 radical (unpaired) electrons. The van der Waals surface area contributed by atoms with E-state index in [4.69, 9.17) is 4.74 Å². The fourth-order valence-corrected chi connectivity index (χ4v) is 3.13. The van der Waals surface area contributed by atoms with Crippen molar-refractivity contribution >= 4 is 17.2 Å². The highest BCUT2D eigenvalue weighted by molar-refractivity contribution is 7.09. The number of rotatable bonds is 6. The lowest BCUT2D eigenvalue weighted by Crippen LogP contribution is -2.35. The first-order chi connectivity index (χ1) is 10.9. The van der Waals surface area contributed by atoms with Crippen molar-refractivity contribution in [2.24, 2.45) is 0 Å². The molecule has 1 atom stereocenters. The van der Waals surface area contributed by atoms with E-state index in [-0.39, 0.29) is 5.91 Å². The molecule has 0 aliphatic heterocycles. The first-order valence-electron chi connectivity index (χ1n) is 7.82. The Kier molecular flexibility index (Phi) is 5.77. The van der Waals surface area contributed by atoms with Crippen molar-refractivity contribution in [2.75, 3.05) is 0 Å². The van der Waals surface area contributed by atoms with Gasteiger partial charge in [-0.3, -0.25) is 4.79 Å². The second-order valence-electron chi connectivity index (χ2n) is 6.03. The Balaban J connectivity index is 1.91. The van der Waals surface area contributed by atoms with E-state index in [9.17, 15) is 4.79 Å². The van der Waals surface area contributed by atoms with Crippen LogP contribution in [0.3, 0.4) is 0 Å². The van der Waals surface area contributed by atoms with Gasteiger partial charge in [0, 0.05) is 11.1 Å². The summed E-state index contributed by atoms with van der Waals surface area (Å²) in [5.41, 5.74) is 3.46. The summed E-state index contributed by atoms with van der Waals surface area (Å²) in [6.07, 6.45) is -0.541. The van der Waals surface area contributed by atoms with Crippen molar-refractivity contribution in [3.05, 3.63) is 45.4 Å². The van der Waals surface area contributed by atoms with E-state index in [0.717, 1.165) is 16.5 Å². The molecule has 0 bridgehead atoms. The van der Waals surface area contributed by atoms with Crippen LogP contribution < -0.4 is 10.1 Å². The predicted octanol–water partition coefficient (Wildman–Crippen LogP) is 3.97. The van der Waals surface area contributed by atoms with Crippen molar-refractivity contribution in [1.82, 2.24) is 10.3 Å². The van der Waals surface area contributed by atoms with E-state index in [1.807, 2.05) is 24.4 Å². The normalized spacial score (nSPS) is 12.3. The molecule has 2 rings (SSSR count). The second kappa shape index (κ2) is 7.59. The fraction of sp³-hybridized carbons (Fsp3) is 0.444. The van der Waals surface area contributed by atoms with Crippen molar-refractivity contribution in [3.8, 4) is 5.75 Å². The van der Waals surface area contributed by atoms with Crippen LogP contribution in [0.4, 0.5) is 0 Å². The quantitative estimate of drug-likeness (QED) is 0.871. The third kappa shape index (κ3) is 4.79. The Labute approximate surface area is 141 Å². The van der Waals surface area contributed by atoms with Crippen molar-refractivity contribution in [1.29, 1.82) is 0 Å². The molecule has 5 heteroatoms. The molecular weight excluding hydrogens is 308 g/mol. The minimum atomic E-state index is -0.541. The minimum Gasteiger partial charge on any atom is -0.481 e. The Bertz CT molecular complexity index is 679. The summed E-state index contributed by atoms with van der Waals surface area (Å²) < 4.78 is 5.76. The fourth-order valence-electron chi connectivity index (χ4n) is 2.42. The molecule has 1 aromatic carbocycles. The maximum atomic E-state index is 12.1. The molecule has 124 valence electrons. The molecule has 1 N–H and O–H groups in total. The molecule has 0 saturated carbocycles. The number of amides is 1. The first kappa shape index (κ1) is 17.5. The van der Waals surface area contributed by atoms with Crippen LogP contribution in [0.15, 0.2) is 23.6 Å². The maximum absolute atomic E-state index is 12.1. The van der Waals surface area contributed by atoms with Crippen molar-refractivity contribution in [3.63, 3.8) is 0 Å².